The Kier molecular flexibility index (Phi) is 5.41. The molecule has 0 radical (unpaired) electrons. The van der Waals surface area contributed by atoms with Gasteiger partial charge in [0.1, 0.15) is 5.82 Å². The number of benzene rings is 3. The van der Waals surface area contributed by atoms with Crippen molar-refractivity contribution in [2.75, 3.05) is 0 Å². The average molecular weight is 484 g/mol. The van der Waals surface area contributed by atoms with E-state index in [-0.39, 0.29) is 5.82 Å². The maximum atomic E-state index is 13.1. The van der Waals surface area contributed by atoms with Gasteiger partial charge in [0.25, 0.3) is 0 Å². The monoisotopic (exact) mass is 484 g/mol. The zero-order valence-electron chi connectivity index (χ0n) is 14.9. The molecule has 0 atom stereocenters. The molecule has 0 fully saturated rings. The van der Waals surface area contributed by atoms with Crippen LogP contribution >= 0.6 is 33.9 Å². The number of aryl methyl sites for hydroxylation is 1. The molecule has 1 heterocycles. The van der Waals surface area contributed by atoms with E-state index in [2.05, 4.69) is 84.1 Å². The van der Waals surface area contributed by atoms with E-state index in [4.69, 9.17) is 0 Å². The van der Waals surface area contributed by atoms with Crippen molar-refractivity contribution in [3.05, 3.63) is 104 Å². The highest BCUT2D eigenvalue weighted by atomic mass is 127. The van der Waals surface area contributed by atoms with Crippen LogP contribution in [0.4, 0.5) is 4.39 Å². The molecule has 1 aromatic heterocycles. The summed E-state index contributed by atoms with van der Waals surface area (Å²) in [4.78, 5) is 2.65. The quantitative estimate of drug-likeness (QED) is 0.260. The minimum atomic E-state index is -0.204. The van der Waals surface area contributed by atoms with E-state index in [1.807, 2.05) is 23.5 Å². The highest BCUT2D eigenvalue weighted by Gasteiger charge is 2.07. The van der Waals surface area contributed by atoms with Gasteiger partial charge in [-0.1, -0.05) is 42.5 Å². The van der Waals surface area contributed by atoms with Crippen LogP contribution in [0.1, 0.15) is 16.0 Å². The predicted molar refractivity (Wildman–Crippen MR) is 122 cm³/mol. The van der Waals surface area contributed by atoms with Gasteiger partial charge in [0.2, 0.25) is 0 Å². The Labute approximate surface area is 176 Å². The van der Waals surface area contributed by atoms with E-state index in [0.717, 1.165) is 17.5 Å². The molecule has 0 bridgehead atoms. The summed E-state index contributed by atoms with van der Waals surface area (Å²) in [5, 5.41) is 0. The molecule has 0 spiro atoms. The van der Waals surface area contributed by atoms with E-state index in [0.29, 0.717) is 0 Å². The summed E-state index contributed by atoms with van der Waals surface area (Å²) >= 11 is 4.22. The summed E-state index contributed by atoms with van der Waals surface area (Å²) in [5.74, 6) is -0.204. The number of hydrogen-bond acceptors (Lipinski definition) is 1. The van der Waals surface area contributed by atoms with Crippen molar-refractivity contribution in [3.63, 3.8) is 0 Å². The van der Waals surface area contributed by atoms with Crippen LogP contribution in [0, 0.1) is 16.3 Å². The van der Waals surface area contributed by atoms with Crippen molar-refractivity contribution in [1.82, 2.24) is 0 Å². The van der Waals surface area contributed by atoms with Crippen molar-refractivity contribution < 1.29 is 4.39 Å². The number of hydrogen-bond donors (Lipinski definition) is 0. The van der Waals surface area contributed by atoms with Crippen LogP contribution in [0.2, 0.25) is 0 Å². The van der Waals surface area contributed by atoms with Crippen LogP contribution in [0.5, 0.6) is 0 Å². The fourth-order valence-corrected chi connectivity index (χ4v) is 4.71. The minimum absolute atomic E-state index is 0.204. The standard InChI is InChI=1S/C24H18FIS/c1-16-2-11-22(26)14-20(16)15-23-12-13-24(27-23)19-5-3-17(4-6-19)18-7-9-21(25)10-8-18/h2-14H,15H2,1H3. The molecule has 3 heteroatoms. The summed E-state index contributed by atoms with van der Waals surface area (Å²) in [6.07, 6.45) is 0.973. The van der Waals surface area contributed by atoms with E-state index in [1.54, 1.807) is 0 Å². The molecule has 0 saturated carbocycles. The second-order valence-electron chi connectivity index (χ2n) is 6.60. The lowest BCUT2D eigenvalue weighted by molar-refractivity contribution is 0.628. The van der Waals surface area contributed by atoms with E-state index in [1.165, 1.54) is 42.1 Å². The fraction of sp³-hybridized carbons (Fsp3) is 0.0833. The second kappa shape index (κ2) is 7.95. The van der Waals surface area contributed by atoms with Gasteiger partial charge in [-0.3, -0.25) is 0 Å². The van der Waals surface area contributed by atoms with Gasteiger partial charge in [-0.2, -0.15) is 0 Å². The minimum Gasteiger partial charge on any atom is -0.207 e. The van der Waals surface area contributed by atoms with Gasteiger partial charge in [-0.05, 0) is 93.7 Å². The lowest BCUT2D eigenvalue weighted by Gasteiger charge is -2.05. The molecule has 0 nitrogen and oxygen atoms in total. The van der Waals surface area contributed by atoms with Gasteiger partial charge in [0.15, 0.2) is 0 Å². The lowest BCUT2D eigenvalue weighted by Crippen LogP contribution is -1.90. The smallest absolute Gasteiger partial charge is 0.123 e. The first-order chi connectivity index (χ1) is 13.1. The van der Waals surface area contributed by atoms with Crippen LogP contribution in [0.3, 0.4) is 0 Å². The molecule has 0 aliphatic heterocycles. The Morgan fingerprint density at radius 2 is 1.41 bits per heavy atom. The zero-order valence-corrected chi connectivity index (χ0v) is 17.9. The third-order valence-corrected chi connectivity index (χ3v) is 6.49. The van der Waals surface area contributed by atoms with Gasteiger partial charge in [-0.25, -0.2) is 4.39 Å². The first-order valence-electron chi connectivity index (χ1n) is 8.78. The molecule has 0 aliphatic rings. The largest absolute Gasteiger partial charge is 0.207 e. The summed E-state index contributed by atoms with van der Waals surface area (Å²) in [5.41, 5.74) is 6.08. The van der Waals surface area contributed by atoms with Crippen LogP contribution in [-0.2, 0) is 6.42 Å². The molecule has 3 aromatic carbocycles. The average Bonchev–Trinajstić information content (AvgIpc) is 3.14. The third-order valence-electron chi connectivity index (χ3n) is 4.68. The van der Waals surface area contributed by atoms with Crippen molar-refractivity contribution in [2.24, 2.45) is 0 Å². The molecule has 0 saturated heterocycles. The van der Waals surface area contributed by atoms with Crippen molar-refractivity contribution in [3.8, 4) is 21.6 Å². The van der Waals surface area contributed by atoms with Crippen molar-refractivity contribution in [2.45, 2.75) is 13.3 Å². The van der Waals surface area contributed by atoms with Gasteiger partial charge in [0.05, 0.1) is 0 Å². The van der Waals surface area contributed by atoms with Gasteiger partial charge < -0.3 is 0 Å². The van der Waals surface area contributed by atoms with Crippen molar-refractivity contribution in [1.29, 1.82) is 0 Å². The van der Waals surface area contributed by atoms with Crippen LogP contribution < -0.4 is 0 Å². The van der Waals surface area contributed by atoms with E-state index in [9.17, 15) is 4.39 Å². The van der Waals surface area contributed by atoms with Crippen LogP contribution in [-0.4, -0.2) is 0 Å². The Morgan fingerprint density at radius 1 is 0.778 bits per heavy atom. The van der Waals surface area contributed by atoms with E-state index >= 15 is 0 Å². The first-order valence-corrected chi connectivity index (χ1v) is 10.7. The molecule has 0 aliphatic carbocycles. The molecule has 27 heavy (non-hydrogen) atoms. The Hall–Kier alpha value is -1.98. The Balaban J connectivity index is 1.54. The summed E-state index contributed by atoms with van der Waals surface area (Å²) < 4.78 is 14.4. The topological polar surface area (TPSA) is 0 Å². The fourth-order valence-electron chi connectivity index (χ4n) is 3.12. The second-order valence-corrected chi connectivity index (χ2v) is 9.01. The molecular formula is C24H18FIS. The predicted octanol–water partition coefficient (Wildman–Crippen LogP) is 7.73. The Morgan fingerprint density at radius 3 is 2.11 bits per heavy atom. The SMILES string of the molecule is Cc1ccc(I)cc1Cc1ccc(-c2ccc(-c3ccc(F)cc3)cc2)s1. The maximum absolute atomic E-state index is 13.1. The number of rotatable bonds is 4. The lowest BCUT2D eigenvalue weighted by atomic mass is 10.0. The van der Waals surface area contributed by atoms with Gasteiger partial charge >= 0.3 is 0 Å². The number of halogens is 2. The molecule has 4 aromatic rings. The maximum Gasteiger partial charge on any atom is 0.123 e. The summed E-state index contributed by atoms with van der Waals surface area (Å²) in [7, 11) is 0. The molecule has 0 N–H and O–H groups in total. The Bertz CT molecular complexity index is 1060. The van der Waals surface area contributed by atoms with Crippen molar-refractivity contribution >= 4 is 33.9 Å². The summed E-state index contributed by atoms with van der Waals surface area (Å²) in [6, 6.07) is 26.2. The first kappa shape index (κ1) is 18.4. The zero-order chi connectivity index (χ0) is 18.8. The molecule has 4 rings (SSSR count). The van der Waals surface area contributed by atoms with Crippen LogP contribution in [0.15, 0.2) is 78.9 Å². The highest BCUT2D eigenvalue weighted by Crippen LogP contribution is 2.32. The third kappa shape index (κ3) is 4.30. The normalized spacial score (nSPS) is 10.9. The van der Waals surface area contributed by atoms with Gasteiger partial charge in [0, 0.05) is 19.7 Å². The molecular weight excluding hydrogens is 466 g/mol. The molecule has 0 unspecified atom stereocenters. The molecule has 0 amide bonds. The molecule has 134 valence electrons. The van der Waals surface area contributed by atoms with Crippen LogP contribution in [0.25, 0.3) is 21.6 Å². The van der Waals surface area contributed by atoms with Gasteiger partial charge in [-0.15, -0.1) is 11.3 Å². The van der Waals surface area contributed by atoms with E-state index < -0.39 is 0 Å². The summed E-state index contributed by atoms with van der Waals surface area (Å²) in [6.45, 7) is 2.17. The number of thiophene rings is 1. The highest BCUT2D eigenvalue weighted by molar-refractivity contribution is 14.1.